The maximum absolute atomic E-state index is 12.8. The summed E-state index contributed by atoms with van der Waals surface area (Å²) in [5, 5.41) is 12.3. The standard InChI is InChI=1S/C23H27N5O4S2/c1-7-28-19(15-10-8-9-13(2)11-15)25-26-23(28)33-12-16(29)24-20-17(22(31)32-6)14(3)18(34-20)21(30)27(4)5/h8-11H,7,12H2,1-6H3,(H,24,29). The van der Waals surface area contributed by atoms with Crippen LogP contribution in [0.4, 0.5) is 5.00 Å². The molecule has 0 aliphatic heterocycles. The highest BCUT2D eigenvalue weighted by atomic mass is 32.2. The van der Waals surface area contributed by atoms with Crippen molar-refractivity contribution in [2.24, 2.45) is 0 Å². The Balaban J connectivity index is 1.79. The highest BCUT2D eigenvalue weighted by molar-refractivity contribution is 7.99. The number of rotatable bonds is 8. The lowest BCUT2D eigenvalue weighted by Gasteiger charge is -2.08. The second kappa shape index (κ2) is 10.8. The van der Waals surface area contributed by atoms with Crippen LogP contribution in [0.25, 0.3) is 11.4 Å². The molecule has 0 radical (unpaired) electrons. The molecule has 2 heterocycles. The van der Waals surface area contributed by atoms with Crippen LogP contribution >= 0.6 is 23.1 Å². The maximum Gasteiger partial charge on any atom is 0.341 e. The molecule has 1 N–H and O–H groups in total. The van der Waals surface area contributed by atoms with Gasteiger partial charge in [0.25, 0.3) is 5.91 Å². The van der Waals surface area contributed by atoms with E-state index in [2.05, 4.69) is 15.5 Å². The molecule has 3 aromatic rings. The topological polar surface area (TPSA) is 106 Å². The van der Waals surface area contributed by atoms with E-state index in [0.29, 0.717) is 22.1 Å². The summed E-state index contributed by atoms with van der Waals surface area (Å²) < 4.78 is 6.82. The Labute approximate surface area is 206 Å². The number of thioether (sulfide) groups is 1. The number of thiophene rings is 1. The van der Waals surface area contributed by atoms with Crippen LogP contribution in [0.1, 0.15) is 38.1 Å². The van der Waals surface area contributed by atoms with Gasteiger partial charge in [0.05, 0.1) is 23.3 Å². The number of nitrogens with one attached hydrogen (secondary N) is 1. The number of ether oxygens (including phenoxy) is 1. The van der Waals surface area contributed by atoms with E-state index in [4.69, 9.17) is 4.74 Å². The van der Waals surface area contributed by atoms with Crippen LogP contribution in [0, 0.1) is 13.8 Å². The van der Waals surface area contributed by atoms with Gasteiger partial charge in [-0.05, 0) is 32.4 Å². The van der Waals surface area contributed by atoms with E-state index >= 15 is 0 Å². The van der Waals surface area contributed by atoms with Gasteiger partial charge in [0.1, 0.15) is 5.00 Å². The number of aromatic nitrogens is 3. The van der Waals surface area contributed by atoms with Gasteiger partial charge in [-0.1, -0.05) is 35.5 Å². The summed E-state index contributed by atoms with van der Waals surface area (Å²) in [6, 6.07) is 8.00. The minimum Gasteiger partial charge on any atom is -0.465 e. The molecule has 0 saturated carbocycles. The zero-order valence-electron chi connectivity index (χ0n) is 20.0. The fourth-order valence-corrected chi connectivity index (χ4v) is 5.36. The first-order valence-electron chi connectivity index (χ1n) is 10.5. The highest BCUT2D eigenvalue weighted by Gasteiger charge is 2.27. The number of carbonyl (C=O) groups is 3. The number of aryl methyl sites for hydroxylation is 1. The Bertz CT molecular complexity index is 1230. The molecule has 34 heavy (non-hydrogen) atoms. The minimum absolute atomic E-state index is 0.0560. The quantitative estimate of drug-likeness (QED) is 0.369. The molecule has 180 valence electrons. The number of esters is 1. The van der Waals surface area contributed by atoms with E-state index in [1.54, 1.807) is 21.0 Å². The summed E-state index contributed by atoms with van der Waals surface area (Å²) in [5.74, 6) is -0.392. The zero-order valence-corrected chi connectivity index (χ0v) is 21.6. The smallest absolute Gasteiger partial charge is 0.341 e. The molecular formula is C23H27N5O4S2. The van der Waals surface area contributed by atoms with Crippen LogP contribution in [0.15, 0.2) is 29.4 Å². The number of amides is 2. The van der Waals surface area contributed by atoms with Crippen LogP contribution in [-0.4, -0.2) is 64.4 Å². The lowest BCUT2D eigenvalue weighted by Crippen LogP contribution is -2.21. The first-order chi connectivity index (χ1) is 16.2. The van der Waals surface area contributed by atoms with Crippen molar-refractivity contribution in [3.63, 3.8) is 0 Å². The third-order valence-corrected chi connectivity index (χ3v) is 7.19. The van der Waals surface area contributed by atoms with Gasteiger partial charge in [-0.15, -0.1) is 21.5 Å². The summed E-state index contributed by atoms with van der Waals surface area (Å²) in [6.07, 6.45) is 0. The molecule has 0 aliphatic rings. The van der Waals surface area contributed by atoms with E-state index in [9.17, 15) is 14.4 Å². The Hall–Kier alpha value is -3.18. The molecule has 0 unspecified atom stereocenters. The zero-order chi connectivity index (χ0) is 25.0. The molecule has 0 aliphatic carbocycles. The van der Waals surface area contributed by atoms with Crippen molar-refractivity contribution in [3.05, 3.63) is 45.8 Å². The van der Waals surface area contributed by atoms with Gasteiger partial charge < -0.3 is 19.5 Å². The molecule has 0 saturated heterocycles. The average molecular weight is 502 g/mol. The molecule has 3 rings (SSSR count). The van der Waals surface area contributed by atoms with Gasteiger partial charge in [-0.2, -0.15) is 0 Å². The van der Waals surface area contributed by atoms with E-state index in [1.165, 1.54) is 23.8 Å². The summed E-state index contributed by atoms with van der Waals surface area (Å²) in [4.78, 5) is 39.4. The molecule has 0 fully saturated rings. The van der Waals surface area contributed by atoms with Crippen molar-refractivity contribution in [3.8, 4) is 11.4 Å². The van der Waals surface area contributed by atoms with Gasteiger partial charge in [0.2, 0.25) is 5.91 Å². The van der Waals surface area contributed by atoms with E-state index in [0.717, 1.165) is 28.3 Å². The van der Waals surface area contributed by atoms with E-state index < -0.39 is 5.97 Å². The second-order valence-corrected chi connectivity index (χ2v) is 9.67. The number of nitrogens with zero attached hydrogens (tertiary/aromatic N) is 4. The number of hydrogen-bond donors (Lipinski definition) is 1. The van der Waals surface area contributed by atoms with Crippen LogP contribution in [0.2, 0.25) is 0 Å². The molecule has 0 bridgehead atoms. The minimum atomic E-state index is -0.608. The number of hydrogen-bond acceptors (Lipinski definition) is 8. The number of benzene rings is 1. The van der Waals surface area contributed by atoms with Gasteiger partial charge in [0, 0.05) is 26.2 Å². The van der Waals surface area contributed by atoms with Crippen LogP contribution in [0.3, 0.4) is 0 Å². The van der Waals surface area contributed by atoms with Crippen LogP contribution in [0.5, 0.6) is 0 Å². The first kappa shape index (κ1) is 25.4. The highest BCUT2D eigenvalue weighted by Crippen LogP contribution is 2.34. The first-order valence-corrected chi connectivity index (χ1v) is 12.3. The van der Waals surface area contributed by atoms with Crippen molar-refractivity contribution in [2.75, 3.05) is 32.3 Å². The van der Waals surface area contributed by atoms with Crippen LogP contribution < -0.4 is 5.32 Å². The SMILES string of the molecule is CCn1c(SCC(=O)Nc2sc(C(=O)N(C)C)c(C)c2C(=O)OC)nnc1-c1cccc(C)c1. The molecular weight excluding hydrogens is 474 g/mol. The van der Waals surface area contributed by atoms with Crippen molar-refractivity contribution in [1.82, 2.24) is 19.7 Å². The lowest BCUT2D eigenvalue weighted by molar-refractivity contribution is -0.113. The van der Waals surface area contributed by atoms with Crippen molar-refractivity contribution < 1.29 is 19.1 Å². The second-order valence-electron chi connectivity index (χ2n) is 7.71. The Kier molecular flexibility index (Phi) is 8.11. The van der Waals surface area contributed by atoms with Gasteiger partial charge in [0.15, 0.2) is 11.0 Å². The average Bonchev–Trinajstić information content (AvgIpc) is 3.36. The predicted molar refractivity (Wildman–Crippen MR) is 134 cm³/mol. The monoisotopic (exact) mass is 501 g/mol. The van der Waals surface area contributed by atoms with Gasteiger partial charge in [-0.25, -0.2) is 4.79 Å². The number of carbonyl (C=O) groups excluding carboxylic acids is 3. The van der Waals surface area contributed by atoms with Crippen molar-refractivity contribution in [2.45, 2.75) is 32.5 Å². The molecule has 2 aromatic heterocycles. The third kappa shape index (κ3) is 5.31. The Morgan fingerprint density at radius 1 is 1.21 bits per heavy atom. The largest absolute Gasteiger partial charge is 0.465 e. The summed E-state index contributed by atoms with van der Waals surface area (Å²) in [5.41, 5.74) is 2.75. The Morgan fingerprint density at radius 2 is 1.94 bits per heavy atom. The lowest BCUT2D eigenvalue weighted by atomic mass is 10.1. The van der Waals surface area contributed by atoms with Gasteiger partial charge >= 0.3 is 5.97 Å². The fraction of sp³-hybridized carbons (Fsp3) is 0.348. The van der Waals surface area contributed by atoms with Gasteiger partial charge in [-0.3, -0.25) is 9.59 Å². The molecule has 1 aromatic carbocycles. The fourth-order valence-electron chi connectivity index (χ4n) is 3.33. The predicted octanol–water partition coefficient (Wildman–Crippen LogP) is 3.86. The molecule has 0 atom stereocenters. The van der Waals surface area contributed by atoms with Crippen molar-refractivity contribution >= 4 is 45.9 Å². The summed E-state index contributed by atoms with van der Waals surface area (Å²) in [6.45, 7) is 6.32. The maximum atomic E-state index is 12.8. The normalized spacial score (nSPS) is 10.8. The van der Waals surface area contributed by atoms with E-state index in [-0.39, 0.29) is 28.1 Å². The summed E-state index contributed by atoms with van der Waals surface area (Å²) >= 11 is 2.31. The number of methoxy groups -OCH3 is 1. The molecule has 2 amide bonds. The summed E-state index contributed by atoms with van der Waals surface area (Å²) in [7, 11) is 4.52. The van der Waals surface area contributed by atoms with Crippen molar-refractivity contribution in [1.29, 1.82) is 0 Å². The number of anilines is 1. The molecule has 9 nitrogen and oxygen atoms in total. The molecule has 11 heteroatoms. The van der Waals surface area contributed by atoms with Crippen LogP contribution in [-0.2, 0) is 16.1 Å². The van der Waals surface area contributed by atoms with E-state index in [1.807, 2.05) is 42.7 Å². The third-order valence-electron chi connectivity index (χ3n) is 5.03. The Morgan fingerprint density at radius 3 is 2.56 bits per heavy atom. The molecule has 0 spiro atoms.